The number of halogens is 1. The lowest BCUT2D eigenvalue weighted by molar-refractivity contribution is -0.124. The SMILES string of the molecule is CC1(C)C[C@]2(C(=O)N(Cc3ccc(F)cc3)c3ccccc32)c2cc3c(cc2O1)OC1(CCC1)CC3. The largest absolute Gasteiger partial charge is 0.487 e. The van der Waals surface area contributed by atoms with Gasteiger partial charge in [-0.1, -0.05) is 30.3 Å². The highest BCUT2D eigenvalue weighted by Gasteiger charge is 2.58. The second-order valence-electron chi connectivity index (χ2n) is 11.6. The maximum Gasteiger partial charge on any atom is 0.242 e. The normalized spacial score (nSPS) is 24.4. The predicted molar refractivity (Wildman–Crippen MR) is 136 cm³/mol. The quantitative estimate of drug-likeness (QED) is 0.420. The van der Waals surface area contributed by atoms with Crippen molar-refractivity contribution >= 4 is 11.6 Å². The van der Waals surface area contributed by atoms with Gasteiger partial charge < -0.3 is 14.4 Å². The van der Waals surface area contributed by atoms with E-state index in [1.54, 1.807) is 12.1 Å². The first-order valence-corrected chi connectivity index (χ1v) is 13.0. The highest BCUT2D eigenvalue weighted by Crippen LogP contribution is 2.58. The van der Waals surface area contributed by atoms with Gasteiger partial charge in [0.25, 0.3) is 0 Å². The van der Waals surface area contributed by atoms with Crippen LogP contribution >= 0.6 is 0 Å². The molecule has 5 heteroatoms. The first-order valence-electron chi connectivity index (χ1n) is 13.0. The maximum absolute atomic E-state index is 14.6. The van der Waals surface area contributed by atoms with Crippen LogP contribution in [0.4, 0.5) is 10.1 Å². The summed E-state index contributed by atoms with van der Waals surface area (Å²) in [7, 11) is 0. The van der Waals surface area contributed by atoms with Gasteiger partial charge in [0, 0.05) is 23.7 Å². The number of carbonyl (C=O) groups is 1. The molecule has 3 aromatic carbocycles. The summed E-state index contributed by atoms with van der Waals surface area (Å²) in [6.45, 7) is 4.51. The molecule has 1 fully saturated rings. The third-order valence-corrected chi connectivity index (χ3v) is 8.66. The van der Waals surface area contributed by atoms with Gasteiger partial charge in [0.2, 0.25) is 5.91 Å². The van der Waals surface area contributed by atoms with Crippen molar-refractivity contribution in [2.45, 2.75) is 75.5 Å². The molecule has 1 amide bonds. The minimum Gasteiger partial charge on any atom is -0.487 e. The van der Waals surface area contributed by atoms with Gasteiger partial charge in [-0.25, -0.2) is 4.39 Å². The summed E-state index contributed by atoms with van der Waals surface area (Å²) in [5, 5.41) is 0. The molecule has 0 N–H and O–H groups in total. The van der Waals surface area contributed by atoms with Crippen LogP contribution < -0.4 is 14.4 Å². The maximum atomic E-state index is 14.6. The molecule has 1 aliphatic carbocycles. The molecule has 36 heavy (non-hydrogen) atoms. The van der Waals surface area contributed by atoms with Crippen molar-refractivity contribution in [3.63, 3.8) is 0 Å². The summed E-state index contributed by atoms with van der Waals surface area (Å²) >= 11 is 0. The lowest BCUT2D eigenvalue weighted by atomic mass is 9.66. The van der Waals surface area contributed by atoms with Gasteiger partial charge in [-0.3, -0.25) is 4.79 Å². The molecule has 4 aliphatic rings. The Morgan fingerprint density at radius 3 is 2.44 bits per heavy atom. The van der Waals surface area contributed by atoms with E-state index in [4.69, 9.17) is 9.47 Å². The molecule has 184 valence electrons. The van der Waals surface area contributed by atoms with Crippen LogP contribution in [0.5, 0.6) is 11.5 Å². The number of hydrogen-bond donors (Lipinski definition) is 0. The predicted octanol–water partition coefficient (Wildman–Crippen LogP) is 6.47. The molecule has 3 aliphatic heterocycles. The van der Waals surface area contributed by atoms with Crippen molar-refractivity contribution in [1.29, 1.82) is 0 Å². The Hall–Kier alpha value is -3.34. The number of anilines is 1. The smallest absolute Gasteiger partial charge is 0.242 e. The van der Waals surface area contributed by atoms with Crippen LogP contribution in [0.2, 0.25) is 0 Å². The highest BCUT2D eigenvalue weighted by atomic mass is 19.1. The summed E-state index contributed by atoms with van der Waals surface area (Å²) in [5.41, 5.74) is 3.54. The number of aryl methyl sites for hydroxylation is 1. The Labute approximate surface area is 211 Å². The highest BCUT2D eigenvalue weighted by molar-refractivity contribution is 6.11. The number of hydrogen-bond acceptors (Lipinski definition) is 3. The summed E-state index contributed by atoms with van der Waals surface area (Å²) < 4.78 is 26.6. The van der Waals surface area contributed by atoms with E-state index in [9.17, 15) is 9.18 Å². The number of ether oxygens (including phenoxy) is 2. The molecule has 1 saturated carbocycles. The van der Waals surface area contributed by atoms with Crippen LogP contribution in [0.3, 0.4) is 0 Å². The van der Waals surface area contributed by atoms with E-state index in [1.807, 2.05) is 29.2 Å². The number of para-hydroxylation sites is 1. The minimum absolute atomic E-state index is 0.00908. The molecule has 2 spiro atoms. The Bertz CT molecular complexity index is 1390. The zero-order chi connectivity index (χ0) is 24.7. The van der Waals surface area contributed by atoms with E-state index in [1.165, 1.54) is 18.6 Å². The second-order valence-corrected chi connectivity index (χ2v) is 11.6. The van der Waals surface area contributed by atoms with Crippen LogP contribution in [0.1, 0.15) is 68.2 Å². The van der Waals surface area contributed by atoms with E-state index >= 15 is 0 Å². The number of amides is 1. The van der Waals surface area contributed by atoms with Crippen molar-refractivity contribution in [2.24, 2.45) is 0 Å². The van der Waals surface area contributed by atoms with Crippen molar-refractivity contribution in [3.8, 4) is 11.5 Å². The summed E-state index contributed by atoms with van der Waals surface area (Å²) in [5.74, 6) is 1.43. The molecule has 0 unspecified atom stereocenters. The van der Waals surface area contributed by atoms with Gasteiger partial charge in [-0.2, -0.15) is 0 Å². The Morgan fingerprint density at radius 2 is 1.69 bits per heavy atom. The second kappa shape index (κ2) is 7.34. The fourth-order valence-electron chi connectivity index (χ4n) is 6.84. The van der Waals surface area contributed by atoms with Crippen LogP contribution in [0.15, 0.2) is 60.7 Å². The summed E-state index contributed by atoms with van der Waals surface area (Å²) in [6.07, 6.45) is 5.99. The molecule has 0 aromatic heterocycles. The van der Waals surface area contributed by atoms with Crippen LogP contribution in [0.25, 0.3) is 0 Å². The fraction of sp³-hybridized carbons (Fsp3) is 0.387. The van der Waals surface area contributed by atoms with Crippen molar-refractivity contribution < 1.29 is 18.7 Å². The van der Waals surface area contributed by atoms with Crippen molar-refractivity contribution in [3.05, 3.63) is 88.7 Å². The average molecular weight is 484 g/mol. The molecule has 1 atom stereocenters. The van der Waals surface area contributed by atoms with E-state index in [2.05, 4.69) is 26.0 Å². The zero-order valence-corrected chi connectivity index (χ0v) is 20.8. The zero-order valence-electron chi connectivity index (χ0n) is 20.8. The van der Waals surface area contributed by atoms with Gasteiger partial charge in [0.1, 0.15) is 33.9 Å². The van der Waals surface area contributed by atoms with E-state index in [0.717, 1.165) is 65.1 Å². The third kappa shape index (κ3) is 3.07. The van der Waals surface area contributed by atoms with Gasteiger partial charge >= 0.3 is 0 Å². The molecule has 7 rings (SSSR count). The number of fused-ring (bicyclic) bond motifs is 5. The van der Waals surface area contributed by atoms with Crippen LogP contribution in [0, 0.1) is 5.82 Å². The molecule has 0 radical (unpaired) electrons. The summed E-state index contributed by atoms with van der Waals surface area (Å²) in [6, 6.07) is 18.7. The van der Waals surface area contributed by atoms with Crippen LogP contribution in [-0.2, 0) is 23.2 Å². The summed E-state index contributed by atoms with van der Waals surface area (Å²) in [4.78, 5) is 16.4. The first kappa shape index (κ1) is 21.9. The molecule has 4 nitrogen and oxygen atoms in total. The van der Waals surface area contributed by atoms with Gasteiger partial charge in [0.15, 0.2) is 0 Å². The van der Waals surface area contributed by atoms with Crippen LogP contribution in [-0.4, -0.2) is 17.1 Å². The van der Waals surface area contributed by atoms with Gasteiger partial charge in [-0.05, 0) is 86.9 Å². The van der Waals surface area contributed by atoms with Gasteiger partial charge in [-0.15, -0.1) is 0 Å². The number of benzene rings is 3. The van der Waals surface area contributed by atoms with E-state index in [-0.39, 0.29) is 17.3 Å². The van der Waals surface area contributed by atoms with E-state index in [0.29, 0.717) is 13.0 Å². The standard InChI is InChI=1S/C31H30FNO3/c1-29(2)19-31(24-16-21-12-15-30(13-5-14-30)36-26(21)17-27(24)35-29)23-6-3-4-7-25(23)33(28(31)34)18-20-8-10-22(32)11-9-20/h3-4,6-11,16-17H,5,12-15,18-19H2,1-2H3/t31-/m1/s1. The topological polar surface area (TPSA) is 38.8 Å². The first-order chi connectivity index (χ1) is 17.3. The van der Waals surface area contributed by atoms with Crippen molar-refractivity contribution in [1.82, 2.24) is 0 Å². The van der Waals surface area contributed by atoms with Crippen molar-refractivity contribution in [2.75, 3.05) is 4.90 Å². The lowest BCUT2D eigenvalue weighted by Gasteiger charge is -2.47. The third-order valence-electron chi connectivity index (χ3n) is 8.66. The Balaban J connectivity index is 1.38. The monoisotopic (exact) mass is 483 g/mol. The van der Waals surface area contributed by atoms with E-state index < -0.39 is 11.0 Å². The number of rotatable bonds is 2. The molecule has 0 saturated heterocycles. The number of carbonyl (C=O) groups excluding carboxylic acids is 1. The Morgan fingerprint density at radius 1 is 0.917 bits per heavy atom. The number of nitrogens with zero attached hydrogens (tertiary/aromatic N) is 1. The molecule has 3 heterocycles. The molecule has 3 aromatic rings. The molecular weight excluding hydrogens is 453 g/mol. The molecule has 0 bridgehead atoms. The lowest BCUT2D eigenvalue weighted by Crippen LogP contribution is -2.51. The Kier molecular flexibility index (Phi) is 4.47. The molecular formula is C31H30FNO3. The average Bonchev–Trinajstić information content (AvgIpc) is 3.05. The minimum atomic E-state index is -0.839. The van der Waals surface area contributed by atoms with Gasteiger partial charge in [0.05, 0.1) is 6.54 Å². The fourth-order valence-corrected chi connectivity index (χ4v) is 6.84.